The smallest absolute Gasteiger partial charge is 0.263 e. The first-order chi connectivity index (χ1) is 5.05. The van der Waals surface area contributed by atoms with Gasteiger partial charge in [0.05, 0.1) is 5.69 Å². The summed E-state index contributed by atoms with van der Waals surface area (Å²) in [5, 5.41) is -0.816. The van der Waals surface area contributed by atoms with Crippen molar-refractivity contribution >= 4 is 40.0 Å². The van der Waals surface area contributed by atoms with Gasteiger partial charge >= 0.3 is 0 Å². The SMILES string of the molecule is O=C(Cl)C(Cl)(Cl)c1ccc[nH]1. The standard InChI is InChI=1S/C6H4Cl3NO/c7-5(11)6(8,9)4-2-1-3-10-4/h1-3,10H. The van der Waals surface area contributed by atoms with Gasteiger partial charge in [-0.15, -0.1) is 0 Å². The topological polar surface area (TPSA) is 32.9 Å². The minimum absolute atomic E-state index is 0.376. The van der Waals surface area contributed by atoms with Crippen LogP contribution < -0.4 is 0 Å². The van der Waals surface area contributed by atoms with Crippen molar-refractivity contribution in [3.63, 3.8) is 0 Å². The number of carbonyl (C=O) groups is 1. The summed E-state index contributed by atoms with van der Waals surface area (Å²) in [5.41, 5.74) is 0.376. The van der Waals surface area contributed by atoms with E-state index in [-0.39, 0.29) is 0 Å². The van der Waals surface area contributed by atoms with Gasteiger partial charge in [-0.25, -0.2) is 0 Å². The maximum absolute atomic E-state index is 10.6. The Morgan fingerprint density at radius 2 is 2.18 bits per heavy atom. The lowest BCUT2D eigenvalue weighted by molar-refractivity contribution is -0.112. The first-order valence-corrected chi connectivity index (χ1v) is 3.90. The molecule has 2 nitrogen and oxygen atoms in total. The van der Waals surface area contributed by atoms with Crippen molar-refractivity contribution in [3.8, 4) is 0 Å². The van der Waals surface area contributed by atoms with Crippen LogP contribution in [0.5, 0.6) is 0 Å². The summed E-state index contributed by atoms with van der Waals surface area (Å²) < 4.78 is -1.66. The summed E-state index contributed by atoms with van der Waals surface area (Å²) in [4.78, 5) is 13.3. The van der Waals surface area contributed by atoms with Crippen molar-refractivity contribution in [2.45, 2.75) is 4.33 Å². The molecule has 0 aliphatic heterocycles. The number of aromatic nitrogens is 1. The second-order valence-electron chi connectivity index (χ2n) is 1.93. The molecule has 1 rings (SSSR count). The first kappa shape index (κ1) is 8.91. The van der Waals surface area contributed by atoms with E-state index in [4.69, 9.17) is 34.8 Å². The van der Waals surface area contributed by atoms with Gasteiger partial charge in [-0.3, -0.25) is 4.79 Å². The van der Waals surface area contributed by atoms with Crippen LogP contribution in [0, 0.1) is 0 Å². The molecule has 0 atom stereocenters. The Hall–Kier alpha value is -0.180. The lowest BCUT2D eigenvalue weighted by Crippen LogP contribution is -2.18. The summed E-state index contributed by atoms with van der Waals surface area (Å²) in [6.07, 6.45) is 1.61. The first-order valence-electron chi connectivity index (χ1n) is 2.77. The number of hydrogen-bond acceptors (Lipinski definition) is 1. The molecule has 0 saturated carbocycles. The van der Waals surface area contributed by atoms with Crippen LogP contribution in [0.2, 0.25) is 0 Å². The molecular weight excluding hydrogens is 208 g/mol. The summed E-state index contributed by atoms with van der Waals surface area (Å²) in [5.74, 6) is 0. The van der Waals surface area contributed by atoms with Gasteiger partial charge in [0.1, 0.15) is 0 Å². The number of nitrogens with one attached hydrogen (secondary N) is 1. The minimum Gasteiger partial charge on any atom is -0.362 e. The number of aromatic amines is 1. The zero-order valence-corrected chi connectivity index (χ0v) is 7.54. The average Bonchev–Trinajstić information content (AvgIpc) is 2.37. The second kappa shape index (κ2) is 3.05. The molecule has 1 aromatic heterocycles. The van der Waals surface area contributed by atoms with Crippen LogP contribution in [0.4, 0.5) is 0 Å². The molecule has 0 unspecified atom stereocenters. The van der Waals surface area contributed by atoms with Gasteiger partial charge in [0.15, 0.2) is 0 Å². The van der Waals surface area contributed by atoms with E-state index in [0.29, 0.717) is 5.69 Å². The van der Waals surface area contributed by atoms with Crippen LogP contribution in [-0.2, 0) is 9.13 Å². The Morgan fingerprint density at radius 3 is 2.55 bits per heavy atom. The Labute approximate surface area is 78.4 Å². The van der Waals surface area contributed by atoms with Gasteiger partial charge in [0.2, 0.25) is 4.33 Å². The average molecular weight is 212 g/mol. The van der Waals surface area contributed by atoms with Crippen molar-refractivity contribution in [1.29, 1.82) is 0 Å². The number of H-pyrrole nitrogens is 1. The molecular formula is C6H4Cl3NO. The zero-order chi connectivity index (χ0) is 8.48. The fourth-order valence-electron chi connectivity index (χ4n) is 0.632. The molecule has 0 bridgehead atoms. The van der Waals surface area contributed by atoms with Crippen molar-refractivity contribution in [1.82, 2.24) is 4.98 Å². The van der Waals surface area contributed by atoms with Gasteiger partial charge in [-0.1, -0.05) is 23.2 Å². The van der Waals surface area contributed by atoms with Crippen LogP contribution in [0.3, 0.4) is 0 Å². The second-order valence-corrected chi connectivity index (χ2v) is 3.60. The molecule has 0 aliphatic rings. The lowest BCUT2D eigenvalue weighted by Gasteiger charge is -2.11. The van der Waals surface area contributed by atoms with Crippen LogP contribution >= 0.6 is 34.8 Å². The quantitative estimate of drug-likeness (QED) is 0.593. The highest BCUT2D eigenvalue weighted by molar-refractivity contribution is 6.77. The maximum Gasteiger partial charge on any atom is 0.263 e. The summed E-state index contributed by atoms with van der Waals surface area (Å²) >= 11 is 16.3. The fourth-order valence-corrected chi connectivity index (χ4v) is 0.968. The Kier molecular flexibility index (Phi) is 2.47. The van der Waals surface area contributed by atoms with Gasteiger partial charge in [0.25, 0.3) is 5.24 Å². The molecule has 5 heteroatoms. The molecule has 0 aromatic carbocycles. The van der Waals surface area contributed by atoms with Crippen molar-refractivity contribution < 1.29 is 4.79 Å². The van der Waals surface area contributed by atoms with Crippen LogP contribution in [0.25, 0.3) is 0 Å². The number of alkyl halides is 2. The third kappa shape index (κ3) is 1.70. The summed E-state index contributed by atoms with van der Waals surface area (Å²) in [6.45, 7) is 0. The summed E-state index contributed by atoms with van der Waals surface area (Å²) in [6, 6.07) is 3.26. The molecule has 60 valence electrons. The van der Waals surface area contributed by atoms with E-state index in [0.717, 1.165) is 0 Å². The monoisotopic (exact) mass is 211 g/mol. The maximum atomic E-state index is 10.6. The molecule has 11 heavy (non-hydrogen) atoms. The molecule has 1 aromatic rings. The molecule has 0 aliphatic carbocycles. The number of hydrogen-bond donors (Lipinski definition) is 1. The van der Waals surface area contributed by atoms with E-state index < -0.39 is 9.58 Å². The lowest BCUT2D eigenvalue weighted by atomic mass is 10.3. The molecule has 0 fully saturated rings. The predicted octanol–water partition coefficient (Wildman–Crippen LogP) is 2.41. The molecule has 0 amide bonds. The Balaban J connectivity index is 3.00. The normalized spacial score (nSPS) is 11.5. The highest BCUT2D eigenvalue weighted by atomic mass is 35.5. The zero-order valence-electron chi connectivity index (χ0n) is 5.27. The van der Waals surface area contributed by atoms with Crippen molar-refractivity contribution in [2.75, 3.05) is 0 Å². The van der Waals surface area contributed by atoms with Gasteiger partial charge in [0, 0.05) is 6.20 Å². The van der Waals surface area contributed by atoms with E-state index in [9.17, 15) is 4.79 Å². The molecule has 0 spiro atoms. The van der Waals surface area contributed by atoms with Crippen LogP contribution in [-0.4, -0.2) is 10.2 Å². The van der Waals surface area contributed by atoms with E-state index >= 15 is 0 Å². The molecule has 1 heterocycles. The minimum atomic E-state index is -1.66. The Morgan fingerprint density at radius 1 is 1.55 bits per heavy atom. The van der Waals surface area contributed by atoms with E-state index in [1.165, 1.54) is 0 Å². The van der Waals surface area contributed by atoms with Gasteiger partial charge in [-0.2, -0.15) is 0 Å². The van der Waals surface area contributed by atoms with E-state index in [2.05, 4.69) is 4.98 Å². The van der Waals surface area contributed by atoms with Crippen molar-refractivity contribution in [2.24, 2.45) is 0 Å². The molecule has 0 saturated heterocycles. The third-order valence-electron chi connectivity index (χ3n) is 1.18. The predicted molar refractivity (Wildman–Crippen MR) is 45.0 cm³/mol. The van der Waals surface area contributed by atoms with Gasteiger partial charge in [-0.05, 0) is 23.7 Å². The Bertz CT molecular complexity index is 255. The highest BCUT2D eigenvalue weighted by Gasteiger charge is 2.35. The molecule has 0 radical (unpaired) electrons. The summed E-state index contributed by atoms with van der Waals surface area (Å²) in [7, 11) is 0. The molecule has 1 N–H and O–H groups in total. The number of rotatable bonds is 2. The fraction of sp³-hybridized carbons (Fsp3) is 0.167. The number of halogens is 3. The van der Waals surface area contributed by atoms with Gasteiger partial charge < -0.3 is 4.98 Å². The third-order valence-corrected chi connectivity index (χ3v) is 2.41. The van der Waals surface area contributed by atoms with Crippen LogP contribution in [0.15, 0.2) is 18.3 Å². The largest absolute Gasteiger partial charge is 0.362 e. The van der Waals surface area contributed by atoms with E-state index in [1.807, 2.05) is 0 Å². The number of carbonyl (C=O) groups excluding carboxylic acids is 1. The van der Waals surface area contributed by atoms with Crippen LogP contribution in [0.1, 0.15) is 5.69 Å². The van der Waals surface area contributed by atoms with Crippen molar-refractivity contribution in [3.05, 3.63) is 24.0 Å². The van der Waals surface area contributed by atoms with E-state index in [1.54, 1.807) is 18.3 Å². The highest BCUT2D eigenvalue weighted by Crippen LogP contribution is 2.34.